The van der Waals surface area contributed by atoms with Crippen LogP contribution in [0.3, 0.4) is 0 Å². The predicted octanol–water partition coefficient (Wildman–Crippen LogP) is 10.7. The normalized spacial score (nSPS) is 17.3. The number of nitrogens with zero attached hydrogens (tertiary/aromatic N) is 2. The molecule has 2 heterocycles. The van der Waals surface area contributed by atoms with Crippen LogP contribution in [0.2, 0.25) is 0 Å². The molecule has 9 heteroatoms. The molecule has 326 valence electrons. The summed E-state index contributed by atoms with van der Waals surface area (Å²) >= 11 is 2.58. The lowest BCUT2D eigenvalue weighted by molar-refractivity contribution is 0.0910. The van der Waals surface area contributed by atoms with Crippen LogP contribution in [0.15, 0.2) is 200 Å². The molecule has 0 saturated heterocycles. The highest BCUT2D eigenvalue weighted by molar-refractivity contribution is 14.2. The Morgan fingerprint density at radius 3 is 1.45 bits per heavy atom. The molecule has 6 nitrogen and oxygen atoms in total. The molecule has 1 aliphatic carbocycles. The second-order valence-corrected chi connectivity index (χ2v) is 27.6. The standard InChI is InChI=1S/C58H44IN2O4P2/c1-57(2)37-58(3,38-24-26-39(27-25-38)60-53(62)48-32-30-46(36-50(48)56(60)65)67(59,44-20-12-6-13-21-44)45-22-14-7-15-23-45)52-34-40(28-33-51(52)57)61-54(63)47-31-29-43(35-49(47)55(61)64)66(41-16-8-4-9-17-41)42-18-10-5-11-19-42/h4-36H,37H2,1-3H3/q+1. The number of carbonyl (C=O) groups excluding carboxylic acids is 4. The first-order chi connectivity index (χ1) is 32.4. The molecule has 1 unspecified atom stereocenters. The van der Waals surface area contributed by atoms with Gasteiger partial charge in [-0.2, -0.15) is 0 Å². The van der Waals surface area contributed by atoms with Crippen LogP contribution < -0.4 is 41.6 Å². The number of hydrogen-bond donors (Lipinski definition) is 0. The van der Waals surface area contributed by atoms with E-state index in [0.717, 1.165) is 44.3 Å². The molecule has 8 aromatic rings. The summed E-state index contributed by atoms with van der Waals surface area (Å²) in [5.41, 5.74) is 5.09. The molecule has 0 fully saturated rings. The number of rotatable bonds is 9. The van der Waals surface area contributed by atoms with Crippen molar-refractivity contribution in [2.45, 2.75) is 38.0 Å². The fourth-order valence-electron chi connectivity index (χ4n) is 10.6. The van der Waals surface area contributed by atoms with E-state index >= 15 is 0 Å². The topological polar surface area (TPSA) is 74.8 Å². The van der Waals surface area contributed by atoms with Gasteiger partial charge >= 0.3 is 0 Å². The molecule has 4 amide bonds. The highest BCUT2D eigenvalue weighted by atomic mass is 127. The van der Waals surface area contributed by atoms with E-state index in [1.807, 2.05) is 146 Å². The lowest BCUT2D eigenvalue weighted by Gasteiger charge is -2.29. The Kier molecular flexibility index (Phi) is 10.6. The molecular formula is C58H44IN2O4P2+. The maximum Gasteiger partial charge on any atom is 0.266 e. The van der Waals surface area contributed by atoms with Crippen molar-refractivity contribution in [3.05, 3.63) is 239 Å². The Balaban J connectivity index is 0.897. The minimum atomic E-state index is -2.17. The van der Waals surface area contributed by atoms with Gasteiger partial charge in [-0.15, -0.1) is 0 Å². The van der Waals surface area contributed by atoms with Gasteiger partial charge in [-0.1, -0.05) is 142 Å². The Bertz CT molecular complexity index is 3230. The summed E-state index contributed by atoms with van der Waals surface area (Å²) in [4.78, 5) is 57.6. The molecule has 1 atom stereocenters. The lowest BCUT2D eigenvalue weighted by atomic mass is 9.75. The van der Waals surface area contributed by atoms with Crippen molar-refractivity contribution in [3.8, 4) is 0 Å². The largest absolute Gasteiger partial charge is 0.268 e. The van der Waals surface area contributed by atoms with Gasteiger partial charge in [0.05, 0.1) is 33.6 Å². The van der Waals surface area contributed by atoms with E-state index in [-0.39, 0.29) is 29.0 Å². The maximum atomic E-state index is 14.5. The second-order valence-electron chi connectivity index (χ2n) is 18.3. The summed E-state index contributed by atoms with van der Waals surface area (Å²) in [6.45, 7) is 6.65. The van der Waals surface area contributed by atoms with Gasteiger partial charge < -0.3 is 0 Å². The third-order valence-electron chi connectivity index (χ3n) is 13.8. The highest BCUT2D eigenvalue weighted by Gasteiger charge is 2.49. The molecule has 0 bridgehead atoms. The molecule has 8 aromatic carbocycles. The molecule has 67 heavy (non-hydrogen) atoms. The van der Waals surface area contributed by atoms with E-state index in [9.17, 15) is 19.2 Å². The highest BCUT2D eigenvalue weighted by Crippen LogP contribution is 2.63. The molecule has 11 rings (SSSR count). The average molecular weight is 1020 g/mol. The van der Waals surface area contributed by atoms with Gasteiger partial charge in [0, 0.05) is 5.41 Å². The molecule has 0 saturated carbocycles. The number of halogens is 1. The first-order valence-corrected chi connectivity index (χ1v) is 28.2. The monoisotopic (exact) mass is 1020 g/mol. The van der Waals surface area contributed by atoms with Crippen molar-refractivity contribution in [2.75, 3.05) is 9.80 Å². The van der Waals surface area contributed by atoms with Gasteiger partial charge in [0.2, 0.25) is 0 Å². The van der Waals surface area contributed by atoms with Crippen LogP contribution >= 0.6 is 34.9 Å². The summed E-state index contributed by atoms with van der Waals surface area (Å²) in [5.74, 6) is -1.35. The summed E-state index contributed by atoms with van der Waals surface area (Å²) in [6.07, 6.45) is 0.770. The van der Waals surface area contributed by atoms with Crippen LogP contribution in [0.4, 0.5) is 11.4 Å². The zero-order valence-corrected chi connectivity index (χ0v) is 41.0. The van der Waals surface area contributed by atoms with Crippen LogP contribution in [0.1, 0.15) is 85.3 Å². The number of fused-ring (bicyclic) bond motifs is 3. The summed E-state index contributed by atoms with van der Waals surface area (Å²) in [6, 6.07) is 66.6. The molecule has 0 N–H and O–H groups in total. The number of imide groups is 2. The number of benzene rings is 8. The summed E-state index contributed by atoms with van der Waals surface area (Å²) in [7, 11) is -0.974. The van der Waals surface area contributed by atoms with Crippen molar-refractivity contribution >= 4 is 102 Å². The van der Waals surface area contributed by atoms with E-state index < -0.39 is 18.2 Å². The smallest absolute Gasteiger partial charge is 0.266 e. The Morgan fingerprint density at radius 1 is 0.433 bits per heavy atom. The van der Waals surface area contributed by atoms with Gasteiger partial charge in [-0.05, 0) is 131 Å². The van der Waals surface area contributed by atoms with Crippen LogP contribution in [-0.2, 0) is 10.8 Å². The molecule has 0 spiro atoms. The molecule has 0 radical (unpaired) electrons. The Hall–Kier alpha value is -6.37. The zero-order valence-electron chi connectivity index (χ0n) is 37.1. The third-order valence-corrected chi connectivity index (χ3v) is 24.2. The van der Waals surface area contributed by atoms with E-state index in [0.29, 0.717) is 33.6 Å². The number of carbonyl (C=O) groups is 4. The summed E-state index contributed by atoms with van der Waals surface area (Å²) < 4.78 is 0. The minimum absolute atomic E-state index is 0.222. The van der Waals surface area contributed by atoms with E-state index in [1.54, 1.807) is 0 Å². The first-order valence-electron chi connectivity index (χ1n) is 22.3. The summed E-state index contributed by atoms with van der Waals surface area (Å²) in [5, 5.41) is 6.70. The number of amides is 4. The SMILES string of the molecule is CC1(C)CC(C)(c2ccc(N3C(=O)c4ccc([P+](I)(c5ccccc5)c5ccccc5)cc4C3=O)cc2)c2cc(N3C(=O)c4ccc(P(c5ccccc5)c5ccccc5)cc4C3=O)ccc21. The van der Waals surface area contributed by atoms with E-state index in [2.05, 4.69) is 97.4 Å². The second kappa shape index (κ2) is 16.4. The molecule has 2 aliphatic heterocycles. The number of anilines is 2. The Morgan fingerprint density at radius 2 is 0.896 bits per heavy atom. The molecular weight excluding hydrogens is 977 g/mol. The zero-order chi connectivity index (χ0) is 46.2. The van der Waals surface area contributed by atoms with Crippen molar-refractivity contribution in [1.82, 2.24) is 0 Å². The van der Waals surface area contributed by atoms with Crippen molar-refractivity contribution in [2.24, 2.45) is 0 Å². The van der Waals surface area contributed by atoms with E-state index in [4.69, 9.17) is 0 Å². The van der Waals surface area contributed by atoms with Crippen molar-refractivity contribution in [3.63, 3.8) is 0 Å². The first kappa shape index (κ1) is 43.2. The fourth-order valence-corrected chi connectivity index (χ4v) is 18.4. The lowest BCUT2D eigenvalue weighted by Crippen LogP contribution is -2.30. The van der Waals surface area contributed by atoms with Gasteiger partial charge in [0.15, 0.2) is 26.9 Å². The third kappa shape index (κ3) is 6.96. The van der Waals surface area contributed by atoms with Crippen LogP contribution in [0, 0.1) is 0 Å². The van der Waals surface area contributed by atoms with Crippen LogP contribution in [0.5, 0.6) is 0 Å². The minimum Gasteiger partial charge on any atom is -0.268 e. The predicted molar refractivity (Wildman–Crippen MR) is 284 cm³/mol. The Labute approximate surface area is 405 Å². The van der Waals surface area contributed by atoms with Crippen LogP contribution in [0.25, 0.3) is 0 Å². The van der Waals surface area contributed by atoms with Crippen molar-refractivity contribution < 1.29 is 19.2 Å². The quantitative estimate of drug-likeness (QED) is 0.0820. The number of hydrogen-bond acceptors (Lipinski definition) is 4. The van der Waals surface area contributed by atoms with Crippen molar-refractivity contribution in [1.29, 1.82) is 0 Å². The molecule has 0 aromatic heterocycles. The molecule has 3 aliphatic rings. The maximum absolute atomic E-state index is 14.5. The van der Waals surface area contributed by atoms with Gasteiger partial charge in [-0.25, -0.2) is 9.80 Å². The van der Waals surface area contributed by atoms with Gasteiger partial charge in [0.1, 0.15) is 15.9 Å². The fraction of sp³-hybridized carbons (Fsp3) is 0.103. The average Bonchev–Trinajstić information content (AvgIpc) is 3.86. The van der Waals surface area contributed by atoms with Gasteiger partial charge in [0.25, 0.3) is 23.6 Å². The van der Waals surface area contributed by atoms with Gasteiger partial charge in [-0.3, -0.25) is 19.2 Å². The van der Waals surface area contributed by atoms with Crippen LogP contribution in [-0.4, -0.2) is 23.6 Å². The van der Waals surface area contributed by atoms with E-state index in [1.165, 1.54) is 20.4 Å².